The molecule has 1 saturated heterocycles. The molecule has 9 nitrogen and oxygen atoms in total. The fourth-order valence-electron chi connectivity index (χ4n) is 3.01. The van der Waals surface area contributed by atoms with Gasteiger partial charge in [-0.1, -0.05) is 23.7 Å². The molecule has 1 aromatic heterocycles. The van der Waals surface area contributed by atoms with E-state index in [2.05, 4.69) is 46.7 Å². The molecule has 1 fully saturated rings. The van der Waals surface area contributed by atoms with Crippen molar-refractivity contribution in [2.45, 2.75) is 6.92 Å². The predicted molar refractivity (Wildman–Crippen MR) is 137 cm³/mol. The van der Waals surface area contributed by atoms with Gasteiger partial charge in [0.1, 0.15) is 5.75 Å². The van der Waals surface area contributed by atoms with Crippen molar-refractivity contribution in [1.82, 2.24) is 15.0 Å². The standard InChI is InChI=1S/C21H21BrClN7O2.ClH/c1-13-9-16(22)18(11-17(13)23)25-19-26-20(28-21(27-19)30-5-7-32-8-6-30)29-24-12-14-3-2-4-15(31)10-14;/h2-4,9-12,31H,5-8H2,1H3,(H2,25,26,27,28,29);1H/b24-12+;. The fraction of sp³-hybridized carbons (Fsp3) is 0.238. The van der Waals surface area contributed by atoms with E-state index in [1.807, 2.05) is 30.0 Å². The minimum Gasteiger partial charge on any atom is -0.508 e. The van der Waals surface area contributed by atoms with Crippen molar-refractivity contribution in [3.05, 3.63) is 57.0 Å². The fourth-order valence-corrected chi connectivity index (χ4v) is 3.73. The van der Waals surface area contributed by atoms with Crippen molar-refractivity contribution in [1.29, 1.82) is 0 Å². The van der Waals surface area contributed by atoms with Crippen LogP contribution in [0.5, 0.6) is 5.75 Å². The van der Waals surface area contributed by atoms with Crippen LogP contribution in [0.15, 0.2) is 46.0 Å². The number of nitrogens with zero attached hydrogens (tertiary/aromatic N) is 5. The van der Waals surface area contributed by atoms with Crippen molar-refractivity contribution >= 4 is 69.7 Å². The van der Waals surface area contributed by atoms with Crippen molar-refractivity contribution < 1.29 is 9.84 Å². The zero-order chi connectivity index (χ0) is 22.5. The molecule has 0 saturated carbocycles. The Bertz CT molecular complexity index is 1140. The number of rotatable bonds is 6. The molecule has 33 heavy (non-hydrogen) atoms. The van der Waals surface area contributed by atoms with Gasteiger partial charge in [-0.15, -0.1) is 12.4 Å². The van der Waals surface area contributed by atoms with Gasteiger partial charge in [-0.05, 0) is 58.2 Å². The van der Waals surface area contributed by atoms with E-state index in [-0.39, 0.29) is 24.1 Å². The minimum absolute atomic E-state index is 0. The minimum atomic E-state index is 0. The molecule has 0 atom stereocenters. The summed E-state index contributed by atoms with van der Waals surface area (Å²) in [5.41, 5.74) is 5.26. The summed E-state index contributed by atoms with van der Waals surface area (Å²) in [6.45, 7) is 4.49. The maximum absolute atomic E-state index is 9.59. The molecule has 1 aliphatic heterocycles. The summed E-state index contributed by atoms with van der Waals surface area (Å²) in [4.78, 5) is 15.5. The molecular weight excluding hydrogens is 533 g/mol. The Labute approximate surface area is 210 Å². The highest BCUT2D eigenvalue weighted by Crippen LogP contribution is 2.31. The topological polar surface area (TPSA) is 108 Å². The number of hydrogen-bond acceptors (Lipinski definition) is 9. The maximum Gasteiger partial charge on any atom is 0.250 e. The predicted octanol–water partition coefficient (Wildman–Crippen LogP) is 4.75. The molecule has 0 unspecified atom stereocenters. The quantitative estimate of drug-likeness (QED) is 0.296. The van der Waals surface area contributed by atoms with E-state index in [4.69, 9.17) is 16.3 Å². The normalized spacial score (nSPS) is 13.6. The van der Waals surface area contributed by atoms with Crippen LogP contribution in [0.1, 0.15) is 11.1 Å². The third-order valence-corrected chi connectivity index (χ3v) is 5.72. The molecule has 3 N–H and O–H groups in total. The third-order valence-electron chi connectivity index (χ3n) is 4.66. The van der Waals surface area contributed by atoms with Gasteiger partial charge in [-0.2, -0.15) is 20.1 Å². The van der Waals surface area contributed by atoms with Gasteiger partial charge in [0.05, 0.1) is 25.1 Å². The Kier molecular flexibility index (Phi) is 8.67. The number of phenolic OH excluding ortho intramolecular Hbond substituents is 1. The number of phenols is 1. The van der Waals surface area contributed by atoms with Crippen LogP contribution in [0.2, 0.25) is 5.02 Å². The molecule has 1 aliphatic rings. The van der Waals surface area contributed by atoms with Gasteiger partial charge < -0.3 is 20.1 Å². The van der Waals surface area contributed by atoms with Gasteiger partial charge in [-0.3, -0.25) is 0 Å². The van der Waals surface area contributed by atoms with E-state index in [9.17, 15) is 5.11 Å². The number of hydrogen-bond donors (Lipinski definition) is 3. The Balaban J connectivity index is 0.00000306. The van der Waals surface area contributed by atoms with Crippen LogP contribution >= 0.6 is 39.9 Å². The summed E-state index contributed by atoms with van der Waals surface area (Å²) in [7, 11) is 0. The summed E-state index contributed by atoms with van der Waals surface area (Å²) >= 11 is 9.84. The lowest BCUT2D eigenvalue weighted by atomic mass is 10.2. The third kappa shape index (κ3) is 6.67. The molecule has 0 amide bonds. The molecule has 0 radical (unpaired) electrons. The van der Waals surface area contributed by atoms with Crippen LogP contribution < -0.4 is 15.6 Å². The number of ether oxygens (including phenoxy) is 1. The number of halogens is 3. The Morgan fingerprint density at radius 2 is 1.91 bits per heavy atom. The number of nitrogens with one attached hydrogen (secondary N) is 2. The SMILES string of the molecule is Cc1cc(Br)c(Nc2nc(N/N=C/c3cccc(O)c3)nc(N3CCOCC3)n2)cc1Cl.Cl. The van der Waals surface area contributed by atoms with E-state index >= 15 is 0 Å². The summed E-state index contributed by atoms with van der Waals surface area (Å²) in [5, 5.41) is 17.6. The van der Waals surface area contributed by atoms with Gasteiger partial charge in [0.15, 0.2) is 0 Å². The van der Waals surface area contributed by atoms with E-state index in [1.54, 1.807) is 24.4 Å². The van der Waals surface area contributed by atoms with E-state index in [0.717, 1.165) is 21.3 Å². The molecule has 2 aromatic carbocycles. The number of hydrazone groups is 1. The van der Waals surface area contributed by atoms with E-state index < -0.39 is 0 Å². The Hall–Kier alpha value is -2.66. The molecule has 3 aromatic rings. The first-order valence-corrected chi connectivity index (χ1v) is 11.0. The molecule has 12 heteroatoms. The van der Waals surface area contributed by atoms with Crippen LogP contribution in [0, 0.1) is 6.92 Å². The zero-order valence-corrected chi connectivity index (χ0v) is 20.8. The van der Waals surface area contributed by atoms with E-state index in [1.165, 1.54) is 0 Å². The number of anilines is 4. The molecule has 2 heterocycles. The van der Waals surface area contributed by atoms with Crippen LogP contribution in [-0.2, 0) is 4.74 Å². The lowest BCUT2D eigenvalue weighted by molar-refractivity contribution is 0.122. The largest absolute Gasteiger partial charge is 0.508 e. The van der Waals surface area contributed by atoms with Crippen molar-refractivity contribution in [2.24, 2.45) is 5.10 Å². The van der Waals surface area contributed by atoms with Gasteiger partial charge in [0.25, 0.3) is 0 Å². The summed E-state index contributed by atoms with van der Waals surface area (Å²) < 4.78 is 6.27. The highest BCUT2D eigenvalue weighted by molar-refractivity contribution is 9.10. The van der Waals surface area contributed by atoms with Crippen LogP contribution in [-0.4, -0.2) is 52.6 Å². The number of benzene rings is 2. The van der Waals surface area contributed by atoms with Gasteiger partial charge in [0, 0.05) is 22.6 Å². The second-order valence-electron chi connectivity index (χ2n) is 7.05. The number of morpholine rings is 1. The molecule has 0 spiro atoms. The number of aromatic hydroxyl groups is 1. The smallest absolute Gasteiger partial charge is 0.250 e. The van der Waals surface area contributed by atoms with Crippen molar-refractivity contribution in [3.8, 4) is 5.75 Å². The first-order chi connectivity index (χ1) is 15.5. The summed E-state index contributed by atoms with van der Waals surface area (Å²) in [5.74, 6) is 1.29. The van der Waals surface area contributed by atoms with Gasteiger partial charge in [-0.25, -0.2) is 5.43 Å². The molecule has 0 aliphatic carbocycles. The van der Waals surface area contributed by atoms with E-state index in [0.29, 0.717) is 43.2 Å². The van der Waals surface area contributed by atoms with Crippen LogP contribution in [0.4, 0.5) is 23.5 Å². The van der Waals surface area contributed by atoms with Gasteiger partial charge in [0.2, 0.25) is 17.8 Å². The highest BCUT2D eigenvalue weighted by atomic mass is 79.9. The lowest BCUT2D eigenvalue weighted by Gasteiger charge is -2.27. The van der Waals surface area contributed by atoms with Crippen LogP contribution in [0.25, 0.3) is 0 Å². The Morgan fingerprint density at radius 3 is 2.67 bits per heavy atom. The first-order valence-electron chi connectivity index (χ1n) is 9.87. The maximum atomic E-state index is 9.59. The Morgan fingerprint density at radius 1 is 1.15 bits per heavy atom. The van der Waals surface area contributed by atoms with Crippen molar-refractivity contribution in [3.63, 3.8) is 0 Å². The summed E-state index contributed by atoms with van der Waals surface area (Å²) in [6, 6.07) is 10.5. The molecule has 0 bridgehead atoms. The highest BCUT2D eigenvalue weighted by Gasteiger charge is 2.17. The second-order valence-corrected chi connectivity index (χ2v) is 8.31. The average Bonchev–Trinajstić information content (AvgIpc) is 2.78. The average molecular weight is 555 g/mol. The zero-order valence-electron chi connectivity index (χ0n) is 17.6. The monoisotopic (exact) mass is 553 g/mol. The first kappa shape index (κ1) is 25.0. The molecular formula is C21H22BrCl2N7O2. The number of aromatic nitrogens is 3. The number of aryl methyl sites for hydroxylation is 1. The van der Waals surface area contributed by atoms with Crippen LogP contribution in [0.3, 0.4) is 0 Å². The van der Waals surface area contributed by atoms with Gasteiger partial charge >= 0.3 is 0 Å². The molecule has 4 rings (SSSR count). The second kappa shape index (κ2) is 11.5. The van der Waals surface area contributed by atoms with Crippen molar-refractivity contribution in [2.75, 3.05) is 41.9 Å². The summed E-state index contributed by atoms with van der Waals surface area (Å²) in [6.07, 6.45) is 1.57. The molecule has 174 valence electrons. The lowest BCUT2D eigenvalue weighted by Crippen LogP contribution is -2.37.